The Kier molecular flexibility index (Phi) is 2.76. The topological polar surface area (TPSA) is 20.3 Å². The monoisotopic (exact) mass is 203 g/mol. The number of anilines is 1. The van der Waals surface area contributed by atoms with Crippen LogP contribution < -0.4 is 4.90 Å². The van der Waals surface area contributed by atoms with Gasteiger partial charge in [-0.15, -0.1) is 0 Å². The average molecular weight is 203 g/mol. The highest BCUT2D eigenvalue weighted by molar-refractivity contribution is 5.94. The summed E-state index contributed by atoms with van der Waals surface area (Å²) < 4.78 is 0. The van der Waals surface area contributed by atoms with E-state index in [2.05, 4.69) is 24.0 Å². The number of hydrogen-bond acceptors (Lipinski definition) is 2. The first-order valence-corrected chi connectivity index (χ1v) is 5.56. The van der Waals surface area contributed by atoms with Crippen LogP contribution in [0.1, 0.15) is 37.0 Å². The summed E-state index contributed by atoms with van der Waals surface area (Å²) in [5, 5.41) is 0. The summed E-state index contributed by atoms with van der Waals surface area (Å²) in [6.07, 6.45) is 2.55. The van der Waals surface area contributed by atoms with Gasteiger partial charge in [-0.25, -0.2) is 0 Å². The lowest BCUT2D eigenvalue weighted by Crippen LogP contribution is -2.26. The summed E-state index contributed by atoms with van der Waals surface area (Å²) in [4.78, 5) is 13.5. The zero-order chi connectivity index (χ0) is 10.8. The third-order valence-corrected chi connectivity index (χ3v) is 3.16. The van der Waals surface area contributed by atoms with Crippen LogP contribution in [0.2, 0.25) is 0 Å². The van der Waals surface area contributed by atoms with Gasteiger partial charge in [0, 0.05) is 23.8 Å². The van der Waals surface area contributed by atoms with Gasteiger partial charge >= 0.3 is 0 Å². The molecular weight excluding hydrogens is 186 g/mol. The molecule has 2 heteroatoms. The zero-order valence-corrected chi connectivity index (χ0v) is 9.36. The fourth-order valence-corrected chi connectivity index (χ4v) is 2.20. The number of nitrogens with zero attached hydrogens (tertiary/aromatic N) is 1. The molecule has 0 bridgehead atoms. The van der Waals surface area contributed by atoms with Crippen LogP contribution in [0.5, 0.6) is 0 Å². The number of Topliss-reactive ketones (excluding diaryl/α,β-unsaturated/α-hetero) is 1. The highest BCUT2D eigenvalue weighted by Gasteiger charge is 2.20. The SMILES string of the molecule is CC(=O)c1ccc(N2CCCC2C)cc1. The molecule has 2 rings (SSSR count). The maximum absolute atomic E-state index is 11.1. The lowest BCUT2D eigenvalue weighted by molar-refractivity contribution is 0.101. The van der Waals surface area contributed by atoms with Gasteiger partial charge in [-0.2, -0.15) is 0 Å². The van der Waals surface area contributed by atoms with Crippen molar-refractivity contribution in [3.8, 4) is 0 Å². The van der Waals surface area contributed by atoms with Crippen molar-refractivity contribution in [1.82, 2.24) is 0 Å². The average Bonchev–Trinajstić information content (AvgIpc) is 2.65. The normalized spacial score (nSPS) is 20.7. The Hall–Kier alpha value is -1.31. The van der Waals surface area contributed by atoms with Crippen molar-refractivity contribution < 1.29 is 4.79 Å². The van der Waals surface area contributed by atoms with Crippen LogP contribution in [0.3, 0.4) is 0 Å². The molecule has 0 aliphatic carbocycles. The fourth-order valence-electron chi connectivity index (χ4n) is 2.20. The van der Waals surface area contributed by atoms with Crippen LogP contribution >= 0.6 is 0 Å². The first-order valence-electron chi connectivity index (χ1n) is 5.56. The zero-order valence-electron chi connectivity index (χ0n) is 9.36. The van der Waals surface area contributed by atoms with E-state index in [1.165, 1.54) is 18.5 Å². The molecule has 0 saturated carbocycles. The van der Waals surface area contributed by atoms with Crippen molar-refractivity contribution in [3.63, 3.8) is 0 Å². The lowest BCUT2D eigenvalue weighted by atomic mass is 10.1. The van der Waals surface area contributed by atoms with Crippen LogP contribution in [0.15, 0.2) is 24.3 Å². The van der Waals surface area contributed by atoms with E-state index in [0.29, 0.717) is 6.04 Å². The van der Waals surface area contributed by atoms with E-state index in [1.807, 2.05) is 12.1 Å². The number of benzene rings is 1. The van der Waals surface area contributed by atoms with Gasteiger partial charge in [-0.3, -0.25) is 4.79 Å². The molecule has 1 aliphatic rings. The Morgan fingerprint density at radius 1 is 1.33 bits per heavy atom. The van der Waals surface area contributed by atoms with Crippen molar-refractivity contribution in [2.75, 3.05) is 11.4 Å². The largest absolute Gasteiger partial charge is 0.369 e. The standard InChI is InChI=1S/C13H17NO/c1-10-4-3-9-14(10)13-7-5-12(6-8-13)11(2)15/h5-8,10H,3-4,9H2,1-2H3. The van der Waals surface area contributed by atoms with E-state index in [9.17, 15) is 4.79 Å². The molecule has 1 fully saturated rings. The smallest absolute Gasteiger partial charge is 0.159 e. The van der Waals surface area contributed by atoms with Gasteiger partial charge in [0.05, 0.1) is 0 Å². The van der Waals surface area contributed by atoms with Crippen LogP contribution in [0.25, 0.3) is 0 Å². The molecule has 0 amide bonds. The third-order valence-electron chi connectivity index (χ3n) is 3.16. The number of hydrogen-bond donors (Lipinski definition) is 0. The van der Waals surface area contributed by atoms with E-state index in [1.54, 1.807) is 6.92 Å². The van der Waals surface area contributed by atoms with Gasteiger partial charge < -0.3 is 4.90 Å². The predicted octanol–water partition coefficient (Wildman–Crippen LogP) is 2.88. The molecule has 1 aromatic rings. The van der Waals surface area contributed by atoms with Crippen molar-refractivity contribution in [3.05, 3.63) is 29.8 Å². The van der Waals surface area contributed by atoms with Gasteiger partial charge in [-0.1, -0.05) is 0 Å². The molecule has 1 aromatic carbocycles. The molecule has 2 nitrogen and oxygen atoms in total. The third kappa shape index (κ3) is 2.04. The number of carbonyl (C=O) groups excluding carboxylic acids is 1. The Morgan fingerprint density at radius 2 is 2.00 bits per heavy atom. The fraction of sp³-hybridized carbons (Fsp3) is 0.462. The Balaban J connectivity index is 2.19. The van der Waals surface area contributed by atoms with Crippen molar-refractivity contribution >= 4 is 11.5 Å². The van der Waals surface area contributed by atoms with E-state index >= 15 is 0 Å². The number of ketones is 1. The number of rotatable bonds is 2. The summed E-state index contributed by atoms with van der Waals surface area (Å²) in [5.41, 5.74) is 2.04. The Labute approximate surface area is 90.9 Å². The Bertz CT molecular complexity index is 355. The summed E-state index contributed by atoms with van der Waals surface area (Å²) in [6, 6.07) is 8.58. The predicted molar refractivity (Wildman–Crippen MR) is 62.5 cm³/mol. The second kappa shape index (κ2) is 4.05. The Morgan fingerprint density at radius 3 is 2.47 bits per heavy atom. The molecule has 80 valence electrons. The quantitative estimate of drug-likeness (QED) is 0.689. The molecular formula is C13H17NO. The molecule has 1 heterocycles. The minimum Gasteiger partial charge on any atom is -0.369 e. The highest BCUT2D eigenvalue weighted by Crippen LogP contribution is 2.25. The second-order valence-electron chi connectivity index (χ2n) is 4.29. The molecule has 0 N–H and O–H groups in total. The number of carbonyl (C=O) groups is 1. The van der Waals surface area contributed by atoms with E-state index in [4.69, 9.17) is 0 Å². The van der Waals surface area contributed by atoms with E-state index < -0.39 is 0 Å². The molecule has 1 atom stereocenters. The van der Waals surface area contributed by atoms with Gasteiger partial charge in [0.1, 0.15) is 0 Å². The van der Waals surface area contributed by atoms with Gasteiger partial charge in [0.25, 0.3) is 0 Å². The van der Waals surface area contributed by atoms with Crippen LogP contribution in [0, 0.1) is 0 Å². The van der Waals surface area contributed by atoms with E-state index in [-0.39, 0.29) is 5.78 Å². The van der Waals surface area contributed by atoms with E-state index in [0.717, 1.165) is 12.1 Å². The van der Waals surface area contributed by atoms with Gasteiger partial charge in [0.2, 0.25) is 0 Å². The minimum absolute atomic E-state index is 0.135. The maximum Gasteiger partial charge on any atom is 0.159 e. The maximum atomic E-state index is 11.1. The molecule has 1 unspecified atom stereocenters. The lowest BCUT2D eigenvalue weighted by Gasteiger charge is -2.23. The summed E-state index contributed by atoms with van der Waals surface area (Å²) >= 11 is 0. The molecule has 1 saturated heterocycles. The molecule has 0 spiro atoms. The molecule has 15 heavy (non-hydrogen) atoms. The van der Waals surface area contributed by atoms with Crippen LogP contribution in [-0.2, 0) is 0 Å². The first-order chi connectivity index (χ1) is 7.18. The highest BCUT2D eigenvalue weighted by atomic mass is 16.1. The van der Waals surface area contributed by atoms with Crippen molar-refractivity contribution in [2.45, 2.75) is 32.7 Å². The summed E-state index contributed by atoms with van der Waals surface area (Å²) in [7, 11) is 0. The summed E-state index contributed by atoms with van der Waals surface area (Å²) in [6.45, 7) is 5.00. The van der Waals surface area contributed by atoms with Gasteiger partial charge in [0.15, 0.2) is 5.78 Å². The molecule has 0 aromatic heterocycles. The van der Waals surface area contributed by atoms with Crippen molar-refractivity contribution in [2.24, 2.45) is 0 Å². The minimum atomic E-state index is 0.135. The van der Waals surface area contributed by atoms with Crippen LogP contribution in [-0.4, -0.2) is 18.4 Å². The molecule has 0 radical (unpaired) electrons. The second-order valence-corrected chi connectivity index (χ2v) is 4.29. The summed E-state index contributed by atoms with van der Waals surface area (Å²) in [5.74, 6) is 0.135. The first kappa shape index (κ1) is 10.2. The van der Waals surface area contributed by atoms with Crippen molar-refractivity contribution in [1.29, 1.82) is 0 Å². The van der Waals surface area contributed by atoms with Gasteiger partial charge in [-0.05, 0) is 51.0 Å². The molecule has 1 aliphatic heterocycles. The van der Waals surface area contributed by atoms with Crippen LogP contribution in [0.4, 0.5) is 5.69 Å².